The summed E-state index contributed by atoms with van der Waals surface area (Å²) in [5.41, 5.74) is 6.25. The van der Waals surface area contributed by atoms with Crippen LogP contribution < -0.4 is 5.73 Å². The molecule has 1 saturated carbocycles. The number of nitrogens with zero attached hydrogens (tertiary/aromatic N) is 1. The Morgan fingerprint density at radius 1 is 1.14 bits per heavy atom. The van der Waals surface area contributed by atoms with Gasteiger partial charge >= 0.3 is 0 Å². The molecular weight excluding hydrogens is 259 g/mol. The Morgan fingerprint density at radius 2 is 1.90 bits per heavy atom. The summed E-state index contributed by atoms with van der Waals surface area (Å²) >= 11 is 0. The monoisotopic (exact) mass is 290 g/mol. The molecule has 3 aliphatic rings. The normalized spacial score (nSPS) is 41.0. The topological polar surface area (TPSA) is 38.5 Å². The van der Waals surface area contributed by atoms with E-state index in [9.17, 15) is 0 Å². The van der Waals surface area contributed by atoms with Gasteiger partial charge in [-0.05, 0) is 57.3 Å². The van der Waals surface area contributed by atoms with Crippen LogP contribution in [0, 0.1) is 5.92 Å². The first-order valence-corrected chi connectivity index (χ1v) is 8.88. The quantitative estimate of drug-likeness (QED) is 0.754. The van der Waals surface area contributed by atoms with Gasteiger partial charge in [0.15, 0.2) is 0 Å². The number of ether oxygens (including phenoxy) is 1. The van der Waals surface area contributed by atoms with Crippen molar-refractivity contribution in [1.82, 2.24) is 4.90 Å². The Bertz CT molecular complexity index is 368. The third-order valence-corrected chi connectivity index (χ3v) is 6.01. The van der Waals surface area contributed by atoms with Gasteiger partial charge in [0.2, 0.25) is 0 Å². The van der Waals surface area contributed by atoms with E-state index in [1.807, 2.05) is 0 Å². The van der Waals surface area contributed by atoms with Crippen LogP contribution in [0.25, 0.3) is 0 Å². The van der Waals surface area contributed by atoms with Crippen LogP contribution in [-0.2, 0) is 4.74 Å². The number of nitrogens with two attached hydrogens (primary N) is 1. The minimum Gasteiger partial charge on any atom is -0.377 e. The number of likely N-dealkylation sites (tertiary alicyclic amines) is 1. The number of hydrogen-bond acceptors (Lipinski definition) is 3. The zero-order valence-electron chi connectivity index (χ0n) is 13.8. The first-order chi connectivity index (χ1) is 9.94. The van der Waals surface area contributed by atoms with Crippen LogP contribution in [0.4, 0.5) is 0 Å². The van der Waals surface area contributed by atoms with Gasteiger partial charge in [0.25, 0.3) is 0 Å². The van der Waals surface area contributed by atoms with E-state index < -0.39 is 5.44 Å². The van der Waals surface area contributed by atoms with Crippen molar-refractivity contribution in [2.45, 2.75) is 88.3 Å². The van der Waals surface area contributed by atoms with E-state index in [0.717, 1.165) is 26.1 Å². The van der Waals surface area contributed by atoms with Crippen molar-refractivity contribution in [3.05, 3.63) is 0 Å². The lowest BCUT2D eigenvalue weighted by atomic mass is 9.65. The van der Waals surface area contributed by atoms with Crippen molar-refractivity contribution in [1.29, 1.82) is 0 Å². The maximum absolute atomic E-state index is 6.39. The first-order valence-electron chi connectivity index (χ1n) is 8.88. The van der Waals surface area contributed by atoms with E-state index in [2.05, 4.69) is 18.7 Å². The maximum Gasteiger partial charge on any atom is 0.0950 e. The van der Waals surface area contributed by atoms with E-state index in [4.69, 9.17) is 18.3 Å². The zero-order chi connectivity index (χ0) is 15.1. The summed E-state index contributed by atoms with van der Waals surface area (Å²) in [5, 5.41) is 0. The van der Waals surface area contributed by atoms with Crippen molar-refractivity contribution in [2.24, 2.45) is 11.7 Å². The third-order valence-electron chi connectivity index (χ3n) is 6.01. The molecule has 118 valence electrons. The predicted octanol–water partition coefficient (Wildman–Crippen LogP) is 2.42. The highest BCUT2D eigenvalue weighted by Crippen LogP contribution is 2.45. The standard InChI is InChI=1S/C17H31BN2O/c1-13(2)20-15-6-4-3-5-8-17(18,19)10-14(15)7-9-16(20)11-21-12-16/h13-15H,3-12,19H2,1-2H3. The highest BCUT2D eigenvalue weighted by molar-refractivity contribution is 6.15. The molecule has 2 heterocycles. The second-order valence-electron chi connectivity index (χ2n) is 8.12. The summed E-state index contributed by atoms with van der Waals surface area (Å²) in [5.74, 6) is 0.659. The predicted molar refractivity (Wildman–Crippen MR) is 87.4 cm³/mol. The molecule has 3 unspecified atom stereocenters. The average Bonchev–Trinajstić information content (AvgIpc) is 2.42. The molecular formula is C17H31BN2O. The molecule has 1 spiro atoms. The molecule has 3 rings (SSSR count). The first kappa shape index (κ1) is 15.8. The summed E-state index contributed by atoms with van der Waals surface area (Å²) in [4.78, 5) is 2.78. The lowest BCUT2D eigenvalue weighted by molar-refractivity contribution is -0.195. The van der Waals surface area contributed by atoms with Crippen molar-refractivity contribution in [3.8, 4) is 0 Å². The largest absolute Gasteiger partial charge is 0.377 e. The Balaban J connectivity index is 1.84. The summed E-state index contributed by atoms with van der Waals surface area (Å²) in [6.07, 6.45) is 9.56. The fraction of sp³-hybridized carbons (Fsp3) is 1.00. The summed E-state index contributed by atoms with van der Waals surface area (Å²) in [6.45, 7) is 6.52. The van der Waals surface area contributed by atoms with Crippen molar-refractivity contribution < 1.29 is 4.74 Å². The highest BCUT2D eigenvalue weighted by atomic mass is 16.5. The van der Waals surface area contributed by atoms with Crippen LogP contribution in [-0.4, -0.2) is 49.0 Å². The van der Waals surface area contributed by atoms with Gasteiger partial charge in [0.05, 0.1) is 26.6 Å². The molecule has 1 aliphatic carbocycles. The minimum absolute atomic E-state index is 0.315. The molecule has 0 aromatic carbocycles. The minimum atomic E-state index is -0.462. The number of piperidine rings is 1. The molecule has 0 aromatic rings. The Morgan fingerprint density at radius 3 is 2.52 bits per heavy atom. The molecule has 3 nitrogen and oxygen atoms in total. The van der Waals surface area contributed by atoms with Crippen molar-refractivity contribution in [2.75, 3.05) is 13.2 Å². The molecule has 3 fully saturated rings. The molecule has 2 saturated heterocycles. The molecule has 2 aliphatic heterocycles. The molecule has 3 atom stereocenters. The van der Waals surface area contributed by atoms with E-state index in [0.29, 0.717) is 23.5 Å². The molecule has 0 amide bonds. The van der Waals surface area contributed by atoms with Gasteiger partial charge in [-0.2, -0.15) is 0 Å². The van der Waals surface area contributed by atoms with Crippen molar-refractivity contribution >= 4 is 7.85 Å². The van der Waals surface area contributed by atoms with Gasteiger partial charge < -0.3 is 10.5 Å². The van der Waals surface area contributed by atoms with E-state index >= 15 is 0 Å². The van der Waals surface area contributed by atoms with Crippen LogP contribution >= 0.6 is 0 Å². The molecule has 0 bridgehead atoms. The van der Waals surface area contributed by atoms with Gasteiger partial charge in [0, 0.05) is 12.1 Å². The average molecular weight is 290 g/mol. The van der Waals surface area contributed by atoms with Crippen LogP contribution in [0.15, 0.2) is 0 Å². The Kier molecular flexibility index (Phi) is 4.42. The summed E-state index contributed by atoms with van der Waals surface area (Å²) < 4.78 is 5.61. The lowest BCUT2D eigenvalue weighted by Gasteiger charge is -2.60. The molecule has 0 aromatic heterocycles. The van der Waals surface area contributed by atoms with E-state index in [-0.39, 0.29) is 0 Å². The Labute approximate surface area is 131 Å². The molecule has 21 heavy (non-hydrogen) atoms. The van der Waals surface area contributed by atoms with Crippen molar-refractivity contribution in [3.63, 3.8) is 0 Å². The molecule has 4 heteroatoms. The fourth-order valence-electron chi connectivity index (χ4n) is 5.10. The van der Waals surface area contributed by atoms with E-state index in [1.54, 1.807) is 0 Å². The molecule has 2 radical (unpaired) electrons. The summed E-state index contributed by atoms with van der Waals surface area (Å²) in [7, 11) is 6.39. The van der Waals surface area contributed by atoms with Crippen LogP contribution in [0.3, 0.4) is 0 Å². The van der Waals surface area contributed by atoms with E-state index in [1.165, 1.54) is 38.5 Å². The van der Waals surface area contributed by atoms with Gasteiger partial charge in [-0.1, -0.05) is 19.3 Å². The van der Waals surface area contributed by atoms with Gasteiger partial charge in [-0.25, -0.2) is 0 Å². The van der Waals surface area contributed by atoms with Gasteiger partial charge in [-0.15, -0.1) is 0 Å². The van der Waals surface area contributed by atoms with Crippen LogP contribution in [0.2, 0.25) is 0 Å². The number of fused-ring (bicyclic) bond motifs is 1. The SMILES string of the molecule is [B]C1(N)CCCCCC2C(CCC3(COC3)N2C(C)C)C1. The van der Waals surface area contributed by atoms with Gasteiger partial charge in [0.1, 0.15) is 0 Å². The maximum atomic E-state index is 6.39. The summed E-state index contributed by atoms with van der Waals surface area (Å²) in [6, 6.07) is 1.22. The zero-order valence-corrected chi connectivity index (χ0v) is 13.8. The second kappa shape index (κ2) is 5.86. The van der Waals surface area contributed by atoms with Crippen LogP contribution in [0.5, 0.6) is 0 Å². The van der Waals surface area contributed by atoms with Gasteiger partial charge in [-0.3, -0.25) is 4.90 Å². The smallest absolute Gasteiger partial charge is 0.0950 e. The number of rotatable bonds is 1. The highest BCUT2D eigenvalue weighted by Gasteiger charge is 2.52. The number of hydrogen-bond donors (Lipinski definition) is 1. The third kappa shape index (κ3) is 3.04. The Hall–Kier alpha value is -0.0551. The molecule has 2 N–H and O–H groups in total. The second-order valence-corrected chi connectivity index (χ2v) is 8.12. The lowest BCUT2D eigenvalue weighted by Crippen LogP contribution is -2.70. The fourth-order valence-corrected chi connectivity index (χ4v) is 5.10. The van der Waals surface area contributed by atoms with Crippen LogP contribution in [0.1, 0.15) is 65.2 Å².